The number of nitrogens with one attached hydrogen (secondary N) is 1. The van der Waals surface area contributed by atoms with Crippen LogP contribution in [0, 0.1) is 6.92 Å². The van der Waals surface area contributed by atoms with E-state index in [1.54, 1.807) is 11.3 Å². The summed E-state index contributed by atoms with van der Waals surface area (Å²) >= 11 is 3.12. The number of nitrogens with two attached hydrogens (primary N) is 1. The van der Waals surface area contributed by atoms with Crippen molar-refractivity contribution in [3.63, 3.8) is 0 Å². The molecule has 0 bridgehead atoms. The Bertz CT molecular complexity index is 287. The molecule has 1 amide bonds. The lowest BCUT2D eigenvalue weighted by atomic mass is 10.6. The first kappa shape index (κ1) is 10.5. The van der Waals surface area contributed by atoms with Crippen molar-refractivity contribution < 1.29 is 4.79 Å². The van der Waals surface area contributed by atoms with Crippen LogP contribution in [0.4, 0.5) is 0 Å². The summed E-state index contributed by atoms with van der Waals surface area (Å²) in [5, 5.41) is 3.06. The summed E-state index contributed by atoms with van der Waals surface area (Å²) in [5.41, 5.74) is 3.10. The minimum absolute atomic E-state index is 0.156. The predicted octanol–water partition coefficient (Wildman–Crippen LogP) is 0.675. The first-order valence-corrected chi connectivity index (χ1v) is 5.74. The van der Waals surface area contributed by atoms with Gasteiger partial charge in [-0.2, -0.15) is 0 Å². The Balaban J connectivity index is 2.24. The van der Waals surface area contributed by atoms with Crippen LogP contribution in [-0.4, -0.2) is 16.6 Å². The molecule has 0 radical (unpaired) electrons. The fourth-order valence-electron chi connectivity index (χ4n) is 0.764. The molecule has 3 N–H and O–H groups in total. The fourth-order valence-corrected chi connectivity index (χ4v) is 2.21. The zero-order chi connectivity index (χ0) is 9.68. The monoisotopic (exact) mass is 217 g/mol. The minimum Gasteiger partial charge on any atom is -0.294 e. The van der Waals surface area contributed by atoms with Crippen LogP contribution in [0.25, 0.3) is 0 Å². The van der Waals surface area contributed by atoms with E-state index in [1.165, 1.54) is 11.8 Å². The molecule has 1 aromatic heterocycles. The molecule has 0 aliphatic rings. The van der Waals surface area contributed by atoms with Gasteiger partial charge >= 0.3 is 0 Å². The van der Waals surface area contributed by atoms with Gasteiger partial charge in [-0.1, -0.05) is 0 Å². The molecule has 13 heavy (non-hydrogen) atoms. The molecule has 72 valence electrons. The number of hydrogen-bond donors (Lipinski definition) is 2. The summed E-state index contributed by atoms with van der Waals surface area (Å²) in [5.74, 6) is 5.92. The first-order valence-electron chi connectivity index (χ1n) is 3.70. The predicted molar refractivity (Wildman–Crippen MR) is 55.3 cm³/mol. The molecule has 0 aliphatic carbocycles. The van der Waals surface area contributed by atoms with Gasteiger partial charge in [0.05, 0.1) is 16.5 Å². The van der Waals surface area contributed by atoms with Gasteiger partial charge in [0.25, 0.3) is 0 Å². The Hall–Kier alpha value is -0.590. The number of hydrogen-bond acceptors (Lipinski definition) is 5. The second kappa shape index (κ2) is 5.21. The zero-order valence-electron chi connectivity index (χ0n) is 7.24. The van der Waals surface area contributed by atoms with Crippen molar-refractivity contribution >= 4 is 29.0 Å². The van der Waals surface area contributed by atoms with E-state index in [2.05, 4.69) is 10.4 Å². The van der Waals surface area contributed by atoms with Gasteiger partial charge in [0.15, 0.2) is 0 Å². The maximum Gasteiger partial charge on any atom is 0.243 e. The number of aromatic nitrogens is 1. The van der Waals surface area contributed by atoms with Crippen LogP contribution in [0.3, 0.4) is 0 Å². The van der Waals surface area contributed by atoms with Gasteiger partial charge < -0.3 is 0 Å². The third-order valence-electron chi connectivity index (χ3n) is 1.31. The molecule has 0 fully saturated rings. The van der Waals surface area contributed by atoms with Crippen LogP contribution < -0.4 is 11.3 Å². The van der Waals surface area contributed by atoms with Crippen LogP contribution in [0.5, 0.6) is 0 Å². The Morgan fingerprint density at radius 2 is 2.62 bits per heavy atom. The van der Waals surface area contributed by atoms with E-state index >= 15 is 0 Å². The standard InChI is InChI=1S/C7H11N3OS2/c1-5-9-6(3-13-5)2-12-4-7(11)10-8/h3H,2,4,8H2,1H3,(H,10,11). The fraction of sp³-hybridized carbons (Fsp3) is 0.429. The Morgan fingerprint density at radius 3 is 3.15 bits per heavy atom. The van der Waals surface area contributed by atoms with Crippen molar-refractivity contribution in [2.45, 2.75) is 12.7 Å². The van der Waals surface area contributed by atoms with Crippen molar-refractivity contribution in [1.29, 1.82) is 0 Å². The van der Waals surface area contributed by atoms with E-state index in [0.717, 1.165) is 16.5 Å². The zero-order valence-corrected chi connectivity index (χ0v) is 8.87. The van der Waals surface area contributed by atoms with E-state index in [0.29, 0.717) is 5.75 Å². The summed E-state index contributed by atoms with van der Waals surface area (Å²) < 4.78 is 0. The van der Waals surface area contributed by atoms with E-state index in [4.69, 9.17) is 5.84 Å². The number of carbonyl (C=O) groups excluding carboxylic acids is 1. The van der Waals surface area contributed by atoms with E-state index in [1.807, 2.05) is 12.3 Å². The summed E-state index contributed by atoms with van der Waals surface area (Å²) in [6, 6.07) is 0. The van der Waals surface area contributed by atoms with Gasteiger partial charge in [0.1, 0.15) is 0 Å². The van der Waals surface area contributed by atoms with Gasteiger partial charge in [0, 0.05) is 11.1 Å². The first-order chi connectivity index (χ1) is 6.22. The van der Waals surface area contributed by atoms with Crippen molar-refractivity contribution in [2.75, 3.05) is 5.75 Å². The van der Waals surface area contributed by atoms with Gasteiger partial charge in [-0.15, -0.1) is 23.1 Å². The van der Waals surface area contributed by atoms with Crippen molar-refractivity contribution in [3.8, 4) is 0 Å². The Morgan fingerprint density at radius 1 is 1.85 bits per heavy atom. The van der Waals surface area contributed by atoms with E-state index < -0.39 is 0 Å². The van der Waals surface area contributed by atoms with Crippen LogP contribution in [0.15, 0.2) is 5.38 Å². The third kappa shape index (κ3) is 3.75. The largest absolute Gasteiger partial charge is 0.294 e. The minimum atomic E-state index is -0.156. The quantitative estimate of drug-likeness (QED) is 0.442. The van der Waals surface area contributed by atoms with Crippen LogP contribution >= 0.6 is 23.1 Å². The number of aryl methyl sites for hydroxylation is 1. The smallest absolute Gasteiger partial charge is 0.243 e. The van der Waals surface area contributed by atoms with Gasteiger partial charge in [-0.3, -0.25) is 10.2 Å². The summed E-state index contributed by atoms with van der Waals surface area (Å²) in [6.07, 6.45) is 0. The highest BCUT2D eigenvalue weighted by molar-refractivity contribution is 7.99. The molecule has 1 rings (SSSR count). The molecule has 0 aromatic carbocycles. The molecule has 0 spiro atoms. The topological polar surface area (TPSA) is 68.0 Å². The van der Waals surface area contributed by atoms with Crippen molar-refractivity contribution in [3.05, 3.63) is 16.1 Å². The second-order valence-electron chi connectivity index (χ2n) is 2.42. The Kier molecular flexibility index (Phi) is 4.20. The van der Waals surface area contributed by atoms with Crippen LogP contribution in [0.2, 0.25) is 0 Å². The highest BCUT2D eigenvalue weighted by Gasteiger charge is 2.01. The summed E-state index contributed by atoms with van der Waals surface area (Å²) in [7, 11) is 0. The number of thiazole rings is 1. The van der Waals surface area contributed by atoms with Gasteiger partial charge in [-0.25, -0.2) is 10.8 Å². The number of nitrogens with zero attached hydrogens (tertiary/aromatic N) is 1. The Labute approximate surface area is 84.9 Å². The molecular formula is C7H11N3OS2. The number of hydrazine groups is 1. The van der Waals surface area contributed by atoms with E-state index in [9.17, 15) is 4.79 Å². The second-order valence-corrected chi connectivity index (χ2v) is 4.47. The third-order valence-corrected chi connectivity index (χ3v) is 3.10. The van der Waals surface area contributed by atoms with Gasteiger partial charge in [-0.05, 0) is 6.92 Å². The van der Waals surface area contributed by atoms with E-state index in [-0.39, 0.29) is 5.91 Å². The lowest BCUT2D eigenvalue weighted by Crippen LogP contribution is -2.31. The van der Waals surface area contributed by atoms with Crippen molar-refractivity contribution in [1.82, 2.24) is 10.4 Å². The lowest BCUT2D eigenvalue weighted by Gasteiger charge is -1.97. The molecule has 1 aromatic rings. The van der Waals surface area contributed by atoms with Crippen molar-refractivity contribution in [2.24, 2.45) is 5.84 Å². The molecule has 0 saturated carbocycles. The molecule has 0 unspecified atom stereocenters. The number of rotatable bonds is 4. The molecular weight excluding hydrogens is 206 g/mol. The average molecular weight is 217 g/mol. The molecule has 0 saturated heterocycles. The molecule has 6 heteroatoms. The number of thioether (sulfide) groups is 1. The molecule has 1 heterocycles. The molecule has 0 aliphatic heterocycles. The maximum atomic E-state index is 10.7. The SMILES string of the molecule is Cc1nc(CSCC(=O)NN)cs1. The molecule has 4 nitrogen and oxygen atoms in total. The highest BCUT2D eigenvalue weighted by Crippen LogP contribution is 2.14. The van der Waals surface area contributed by atoms with Gasteiger partial charge in [0.2, 0.25) is 5.91 Å². The maximum absolute atomic E-state index is 10.7. The molecule has 0 atom stereocenters. The normalized spacial score (nSPS) is 10.0. The average Bonchev–Trinajstić information content (AvgIpc) is 2.51. The van der Waals surface area contributed by atoms with Crippen LogP contribution in [-0.2, 0) is 10.5 Å². The lowest BCUT2D eigenvalue weighted by molar-refractivity contribution is -0.118. The number of carbonyl (C=O) groups is 1. The highest BCUT2D eigenvalue weighted by atomic mass is 32.2. The summed E-state index contributed by atoms with van der Waals surface area (Å²) in [6.45, 7) is 1.96. The number of amides is 1. The van der Waals surface area contributed by atoms with Crippen LogP contribution in [0.1, 0.15) is 10.7 Å². The summed E-state index contributed by atoms with van der Waals surface area (Å²) in [4.78, 5) is 15.0.